The Bertz CT molecular complexity index is 1240. The van der Waals surface area contributed by atoms with E-state index in [0.29, 0.717) is 33.6 Å². The van der Waals surface area contributed by atoms with E-state index in [0.717, 1.165) is 16.9 Å². The molecule has 1 aliphatic rings. The van der Waals surface area contributed by atoms with Crippen LogP contribution in [0.3, 0.4) is 0 Å². The molecule has 2 N–H and O–H groups in total. The number of thioether (sulfide) groups is 1. The lowest BCUT2D eigenvalue weighted by atomic mass is 9.81. The molecule has 4 rings (SSSR count). The van der Waals surface area contributed by atoms with E-state index in [-0.39, 0.29) is 12.2 Å². The number of carbonyl (C=O) groups excluding carboxylic acids is 1. The smallest absolute Gasteiger partial charge is 0.337 e. The van der Waals surface area contributed by atoms with Crippen LogP contribution in [-0.4, -0.2) is 35.4 Å². The van der Waals surface area contributed by atoms with Crippen LogP contribution in [0.15, 0.2) is 70.1 Å². The summed E-state index contributed by atoms with van der Waals surface area (Å²) in [6, 6.07) is 16.9. The molecule has 1 aliphatic heterocycles. The minimum absolute atomic E-state index is 0.216. The number of fused-ring (bicyclic) bond motifs is 1. The van der Waals surface area contributed by atoms with Crippen molar-refractivity contribution in [1.82, 2.24) is 9.97 Å². The zero-order chi connectivity index (χ0) is 23.4. The zero-order valence-corrected chi connectivity index (χ0v) is 19.5. The number of benzene rings is 2. The summed E-state index contributed by atoms with van der Waals surface area (Å²) in [6.45, 7) is 3.97. The lowest BCUT2D eigenvalue weighted by molar-refractivity contribution is -0.138. The van der Waals surface area contributed by atoms with E-state index in [1.54, 1.807) is 14.0 Å². The molecule has 2 heterocycles. The largest absolute Gasteiger partial charge is 0.497 e. The molecule has 7 nitrogen and oxygen atoms in total. The van der Waals surface area contributed by atoms with Crippen LogP contribution in [-0.2, 0) is 9.53 Å². The summed E-state index contributed by atoms with van der Waals surface area (Å²) < 4.78 is 10.7. The molecule has 1 aromatic heterocycles. The van der Waals surface area contributed by atoms with Crippen molar-refractivity contribution in [3.63, 3.8) is 0 Å². The second-order valence-electron chi connectivity index (χ2n) is 7.27. The fourth-order valence-electron chi connectivity index (χ4n) is 3.90. The van der Waals surface area contributed by atoms with Gasteiger partial charge in [-0.1, -0.05) is 61.2 Å². The third-order valence-corrected chi connectivity index (χ3v) is 6.07. The first kappa shape index (κ1) is 22.7. The lowest BCUT2D eigenvalue weighted by Crippen LogP contribution is -2.31. The summed E-state index contributed by atoms with van der Waals surface area (Å²) in [7, 11) is 1.59. The van der Waals surface area contributed by atoms with E-state index in [2.05, 4.69) is 15.3 Å². The van der Waals surface area contributed by atoms with Gasteiger partial charge in [0.15, 0.2) is 5.16 Å². The van der Waals surface area contributed by atoms with Gasteiger partial charge in [-0.25, -0.2) is 9.78 Å². The Morgan fingerprint density at radius 1 is 1.09 bits per heavy atom. The maximum atomic E-state index is 13.3. The highest BCUT2D eigenvalue weighted by Gasteiger charge is 2.38. The Hall–Kier alpha value is -3.52. The lowest BCUT2D eigenvalue weighted by Gasteiger charge is -2.30. The van der Waals surface area contributed by atoms with E-state index < -0.39 is 11.9 Å². The third-order valence-electron chi connectivity index (χ3n) is 5.31. The van der Waals surface area contributed by atoms with Crippen LogP contribution in [0, 0.1) is 0 Å². The summed E-state index contributed by atoms with van der Waals surface area (Å²) in [4.78, 5) is 34.1. The predicted octanol–water partition coefficient (Wildman–Crippen LogP) is 4.42. The molecular formula is C25H25N3O4S. The highest BCUT2D eigenvalue weighted by molar-refractivity contribution is 7.99. The number of aromatic nitrogens is 2. The molecule has 0 radical (unpaired) electrons. The van der Waals surface area contributed by atoms with Gasteiger partial charge < -0.3 is 19.8 Å². The van der Waals surface area contributed by atoms with Crippen molar-refractivity contribution in [2.45, 2.75) is 24.9 Å². The monoisotopic (exact) mass is 463 g/mol. The zero-order valence-electron chi connectivity index (χ0n) is 18.7. The number of ether oxygens (including phenoxy) is 2. The summed E-state index contributed by atoms with van der Waals surface area (Å²) in [5, 5.41) is 3.80. The number of H-pyrrole nitrogens is 1. The number of hydrogen-bond donors (Lipinski definition) is 2. The van der Waals surface area contributed by atoms with E-state index in [1.165, 1.54) is 11.8 Å². The summed E-state index contributed by atoms with van der Waals surface area (Å²) in [5.74, 6) is 0.723. The highest BCUT2D eigenvalue weighted by atomic mass is 32.2. The highest BCUT2D eigenvalue weighted by Crippen LogP contribution is 2.43. The molecule has 1 unspecified atom stereocenters. The van der Waals surface area contributed by atoms with Gasteiger partial charge in [0.05, 0.1) is 36.5 Å². The van der Waals surface area contributed by atoms with E-state index in [4.69, 9.17) is 9.47 Å². The number of nitrogens with one attached hydrogen (secondary N) is 2. The van der Waals surface area contributed by atoms with Gasteiger partial charge in [0.2, 0.25) is 0 Å². The van der Waals surface area contributed by atoms with Crippen LogP contribution < -0.4 is 15.6 Å². The number of esters is 1. The van der Waals surface area contributed by atoms with Crippen LogP contribution in [0.4, 0.5) is 5.82 Å². The first-order valence-corrected chi connectivity index (χ1v) is 11.7. The molecule has 0 amide bonds. The number of hydrogen-bond acceptors (Lipinski definition) is 7. The Morgan fingerprint density at radius 3 is 2.45 bits per heavy atom. The van der Waals surface area contributed by atoms with E-state index in [1.807, 2.05) is 61.5 Å². The minimum atomic E-state index is -0.668. The van der Waals surface area contributed by atoms with Crippen LogP contribution in [0.25, 0.3) is 5.70 Å². The van der Waals surface area contributed by atoms with Gasteiger partial charge in [-0.05, 0) is 35.9 Å². The topological polar surface area (TPSA) is 93.3 Å². The predicted molar refractivity (Wildman–Crippen MR) is 130 cm³/mol. The molecule has 0 saturated carbocycles. The van der Waals surface area contributed by atoms with Crippen molar-refractivity contribution in [3.05, 3.63) is 87.2 Å². The fraction of sp³-hybridized carbons (Fsp3) is 0.240. The molecule has 0 aliphatic carbocycles. The van der Waals surface area contributed by atoms with Crippen molar-refractivity contribution < 1.29 is 14.3 Å². The Morgan fingerprint density at radius 2 is 1.82 bits per heavy atom. The van der Waals surface area contributed by atoms with Crippen molar-refractivity contribution in [2.75, 3.05) is 24.8 Å². The second kappa shape index (κ2) is 9.95. The number of carbonyl (C=O) groups is 1. The standard InChI is InChI=1S/C25H25N3O4S/c1-4-32-24(30)19-18(15-11-13-17(31-3)14-12-15)20-22(27-25(33-5-2)28-23(20)29)26-21(19)16-9-7-6-8-10-16/h6-14,18H,4-5H2,1-3H3,(H2,26,27,28,29). The first-order valence-electron chi connectivity index (χ1n) is 10.7. The van der Waals surface area contributed by atoms with Crippen molar-refractivity contribution in [3.8, 4) is 5.75 Å². The fourth-order valence-corrected chi connectivity index (χ4v) is 4.49. The van der Waals surface area contributed by atoms with Crippen LogP contribution in [0.2, 0.25) is 0 Å². The van der Waals surface area contributed by atoms with Gasteiger partial charge in [-0.15, -0.1) is 0 Å². The molecule has 0 spiro atoms. The van der Waals surface area contributed by atoms with Crippen LogP contribution in [0.1, 0.15) is 36.5 Å². The minimum Gasteiger partial charge on any atom is -0.497 e. The Balaban J connectivity index is 2.01. The maximum absolute atomic E-state index is 13.3. The van der Waals surface area contributed by atoms with Crippen molar-refractivity contribution >= 4 is 29.2 Å². The van der Waals surface area contributed by atoms with Gasteiger partial charge in [0.25, 0.3) is 5.56 Å². The molecule has 3 aromatic rings. The number of anilines is 1. The summed E-state index contributed by atoms with van der Waals surface area (Å²) in [5.41, 5.74) is 2.59. The van der Waals surface area contributed by atoms with E-state index >= 15 is 0 Å². The molecule has 0 saturated heterocycles. The molecule has 170 valence electrons. The molecule has 0 bridgehead atoms. The van der Waals surface area contributed by atoms with E-state index in [9.17, 15) is 9.59 Å². The van der Waals surface area contributed by atoms with Gasteiger partial charge in [-0.2, -0.15) is 0 Å². The number of nitrogens with zero attached hydrogens (tertiary/aromatic N) is 1. The van der Waals surface area contributed by atoms with Crippen molar-refractivity contribution in [2.24, 2.45) is 0 Å². The van der Waals surface area contributed by atoms with Gasteiger partial charge >= 0.3 is 5.97 Å². The van der Waals surface area contributed by atoms with Crippen LogP contribution >= 0.6 is 11.8 Å². The van der Waals surface area contributed by atoms with Crippen LogP contribution in [0.5, 0.6) is 5.75 Å². The molecule has 8 heteroatoms. The Labute approximate surface area is 196 Å². The SMILES string of the molecule is CCOC(=O)C1=C(c2ccccc2)Nc2nc(SCC)[nH]c(=O)c2C1c1ccc(OC)cc1. The molecule has 2 aromatic carbocycles. The molecule has 0 fully saturated rings. The molecular weight excluding hydrogens is 438 g/mol. The molecule has 1 atom stereocenters. The average Bonchev–Trinajstić information content (AvgIpc) is 2.84. The quantitative estimate of drug-likeness (QED) is 0.304. The number of rotatable bonds is 7. The van der Waals surface area contributed by atoms with Gasteiger partial charge in [0.1, 0.15) is 11.6 Å². The average molecular weight is 464 g/mol. The van der Waals surface area contributed by atoms with Crippen molar-refractivity contribution in [1.29, 1.82) is 0 Å². The second-order valence-corrected chi connectivity index (χ2v) is 8.53. The number of aromatic amines is 1. The van der Waals surface area contributed by atoms with Gasteiger partial charge in [-0.3, -0.25) is 4.79 Å². The number of methoxy groups -OCH3 is 1. The first-order chi connectivity index (χ1) is 16.1. The Kier molecular flexibility index (Phi) is 6.84. The van der Waals surface area contributed by atoms with Gasteiger partial charge in [0, 0.05) is 0 Å². The third kappa shape index (κ3) is 4.52. The molecule has 33 heavy (non-hydrogen) atoms. The summed E-state index contributed by atoms with van der Waals surface area (Å²) >= 11 is 1.45. The normalized spacial score (nSPS) is 14.9. The maximum Gasteiger partial charge on any atom is 0.337 e. The summed E-state index contributed by atoms with van der Waals surface area (Å²) in [6.07, 6.45) is 0.